The molecule has 0 aliphatic carbocycles. The SMILES string of the molecule is CCNc1cc(C)nc(Nc2ccc(NC(=O)c3ccc(C(C)(C)C)cc3)cc2)n1. The average molecular weight is 404 g/mol. The van der Waals surface area contributed by atoms with Crippen molar-refractivity contribution < 1.29 is 4.79 Å². The highest BCUT2D eigenvalue weighted by atomic mass is 16.1. The van der Waals surface area contributed by atoms with Crippen molar-refractivity contribution in [3.63, 3.8) is 0 Å². The lowest BCUT2D eigenvalue weighted by Gasteiger charge is -2.19. The second kappa shape index (κ2) is 8.95. The number of hydrogen-bond donors (Lipinski definition) is 3. The number of aromatic nitrogens is 2. The molecule has 0 aliphatic heterocycles. The smallest absolute Gasteiger partial charge is 0.255 e. The van der Waals surface area contributed by atoms with Gasteiger partial charge in [-0.25, -0.2) is 4.98 Å². The van der Waals surface area contributed by atoms with Crippen LogP contribution in [0.25, 0.3) is 0 Å². The normalized spacial score (nSPS) is 11.1. The van der Waals surface area contributed by atoms with E-state index < -0.39 is 0 Å². The summed E-state index contributed by atoms with van der Waals surface area (Å²) in [6.07, 6.45) is 0. The van der Waals surface area contributed by atoms with Crippen LogP contribution in [0.15, 0.2) is 54.6 Å². The first kappa shape index (κ1) is 21.3. The molecule has 6 heteroatoms. The molecule has 6 nitrogen and oxygen atoms in total. The molecule has 0 spiro atoms. The first-order valence-corrected chi connectivity index (χ1v) is 10.1. The molecule has 3 aromatic rings. The van der Waals surface area contributed by atoms with E-state index >= 15 is 0 Å². The Labute approximate surface area is 178 Å². The van der Waals surface area contributed by atoms with Gasteiger partial charge in [0.05, 0.1) is 0 Å². The van der Waals surface area contributed by atoms with Crippen LogP contribution in [0.3, 0.4) is 0 Å². The second-order valence-corrected chi connectivity index (χ2v) is 8.23. The molecule has 1 amide bonds. The molecular formula is C24H29N5O. The molecule has 1 aromatic heterocycles. The Hall–Kier alpha value is -3.41. The zero-order valence-corrected chi connectivity index (χ0v) is 18.2. The lowest BCUT2D eigenvalue weighted by atomic mass is 9.87. The molecule has 156 valence electrons. The summed E-state index contributed by atoms with van der Waals surface area (Å²) in [5.74, 6) is 1.18. The number of carbonyl (C=O) groups excluding carboxylic acids is 1. The molecule has 0 aliphatic rings. The molecule has 0 unspecified atom stereocenters. The van der Waals surface area contributed by atoms with Crippen molar-refractivity contribution in [3.05, 3.63) is 71.4 Å². The number of nitrogens with one attached hydrogen (secondary N) is 3. The van der Waals surface area contributed by atoms with Gasteiger partial charge in [-0.3, -0.25) is 4.79 Å². The predicted octanol–water partition coefficient (Wildman–Crippen LogP) is 5.51. The molecule has 0 fully saturated rings. The molecular weight excluding hydrogens is 374 g/mol. The summed E-state index contributed by atoms with van der Waals surface area (Å²) in [6, 6.07) is 17.1. The highest BCUT2D eigenvalue weighted by Gasteiger charge is 2.14. The first-order chi connectivity index (χ1) is 14.2. The zero-order chi connectivity index (χ0) is 21.7. The van der Waals surface area contributed by atoms with Crippen LogP contribution in [-0.2, 0) is 5.41 Å². The van der Waals surface area contributed by atoms with Gasteiger partial charge in [-0.1, -0.05) is 32.9 Å². The number of hydrogen-bond acceptors (Lipinski definition) is 5. The number of nitrogens with zero attached hydrogens (tertiary/aromatic N) is 2. The van der Waals surface area contributed by atoms with Crippen molar-refractivity contribution >= 4 is 29.0 Å². The Morgan fingerprint density at radius 2 is 1.57 bits per heavy atom. The van der Waals surface area contributed by atoms with Gasteiger partial charge in [0, 0.05) is 35.2 Å². The van der Waals surface area contributed by atoms with Crippen LogP contribution in [0.4, 0.5) is 23.1 Å². The Kier molecular flexibility index (Phi) is 6.35. The van der Waals surface area contributed by atoms with E-state index in [-0.39, 0.29) is 11.3 Å². The van der Waals surface area contributed by atoms with E-state index in [0.717, 1.165) is 29.4 Å². The van der Waals surface area contributed by atoms with Crippen LogP contribution >= 0.6 is 0 Å². The van der Waals surface area contributed by atoms with Gasteiger partial charge in [0.2, 0.25) is 5.95 Å². The molecule has 0 saturated heterocycles. The molecule has 3 rings (SSSR count). The van der Waals surface area contributed by atoms with Crippen LogP contribution in [0.2, 0.25) is 0 Å². The Balaban J connectivity index is 1.65. The number of amides is 1. The van der Waals surface area contributed by atoms with Crippen molar-refractivity contribution in [2.24, 2.45) is 0 Å². The third kappa shape index (κ3) is 5.56. The van der Waals surface area contributed by atoms with Crippen LogP contribution in [0.1, 0.15) is 49.3 Å². The second-order valence-electron chi connectivity index (χ2n) is 8.23. The predicted molar refractivity (Wildman–Crippen MR) is 124 cm³/mol. The van der Waals surface area contributed by atoms with Gasteiger partial charge in [0.15, 0.2) is 0 Å². The third-order valence-corrected chi connectivity index (χ3v) is 4.62. The minimum absolute atomic E-state index is 0.0617. The molecule has 3 N–H and O–H groups in total. The monoisotopic (exact) mass is 403 g/mol. The fourth-order valence-electron chi connectivity index (χ4n) is 2.99. The molecule has 30 heavy (non-hydrogen) atoms. The van der Waals surface area contributed by atoms with Gasteiger partial charge >= 0.3 is 0 Å². The third-order valence-electron chi connectivity index (χ3n) is 4.62. The van der Waals surface area contributed by atoms with Crippen molar-refractivity contribution in [1.82, 2.24) is 9.97 Å². The van der Waals surface area contributed by atoms with Gasteiger partial charge in [0.1, 0.15) is 5.82 Å². The van der Waals surface area contributed by atoms with Gasteiger partial charge in [-0.2, -0.15) is 4.98 Å². The summed E-state index contributed by atoms with van der Waals surface area (Å²) in [5, 5.41) is 9.33. The van der Waals surface area contributed by atoms with Crippen molar-refractivity contribution in [1.29, 1.82) is 0 Å². The van der Waals surface area contributed by atoms with Crippen molar-refractivity contribution in [2.45, 2.75) is 40.0 Å². The van der Waals surface area contributed by atoms with Crippen LogP contribution in [-0.4, -0.2) is 22.4 Å². The highest BCUT2D eigenvalue weighted by molar-refractivity contribution is 6.04. The van der Waals surface area contributed by atoms with E-state index in [1.165, 1.54) is 5.56 Å². The summed E-state index contributed by atoms with van der Waals surface area (Å²) >= 11 is 0. The summed E-state index contributed by atoms with van der Waals surface area (Å²) in [5.41, 5.74) is 4.34. The average Bonchev–Trinajstić information content (AvgIpc) is 2.69. The largest absolute Gasteiger partial charge is 0.370 e. The Morgan fingerprint density at radius 1 is 0.933 bits per heavy atom. The van der Waals surface area contributed by atoms with E-state index in [0.29, 0.717) is 11.5 Å². The fourth-order valence-corrected chi connectivity index (χ4v) is 2.99. The Morgan fingerprint density at radius 3 is 2.17 bits per heavy atom. The van der Waals surface area contributed by atoms with E-state index in [1.54, 1.807) is 0 Å². The van der Waals surface area contributed by atoms with Crippen LogP contribution < -0.4 is 16.0 Å². The molecule has 0 radical (unpaired) electrons. The van der Waals surface area contributed by atoms with Crippen molar-refractivity contribution in [2.75, 3.05) is 22.5 Å². The molecule has 2 aromatic carbocycles. The molecule has 1 heterocycles. The van der Waals surface area contributed by atoms with E-state index in [2.05, 4.69) is 46.7 Å². The molecule has 0 bridgehead atoms. The van der Waals surface area contributed by atoms with Gasteiger partial charge in [0.25, 0.3) is 5.91 Å². The lowest BCUT2D eigenvalue weighted by Crippen LogP contribution is -2.14. The number of benzene rings is 2. The maximum atomic E-state index is 12.5. The summed E-state index contributed by atoms with van der Waals surface area (Å²) in [4.78, 5) is 21.4. The minimum atomic E-state index is -0.131. The quantitative estimate of drug-likeness (QED) is 0.506. The van der Waals surface area contributed by atoms with Gasteiger partial charge in [-0.15, -0.1) is 0 Å². The van der Waals surface area contributed by atoms with Crippen molar-refractivity contribution in [3.8, 4) is 0 Å². The van der Waals surface area contributed by atoms with Crippen LogP contribution in [0.5, 0.6) is 0 Å². The van der Waals surface area contributed by atoms with E-state index in [1.807, 2.05) is 68.4 Å². The standard InChI is InChI=1S/C24H29N5O/c1-6-25-21-15-16(2)26-23(29-21)28-20-13-11-19(12-14-20)27-22(30)17-7-9-18(10-8-17)24(3,4)5/h7-15H,6H2,1-5H3,(H,27,30)(H2,25,26,28,29). The van der Waals surface area contributed by atoms with Gasteiger partial charge < -0.3 is 16.0 Å². The maximum Gasteiger partial charge on any atom is 0.255 e. The summed E-state index contributed by atoms with van der Waals surface area (Å²) in [7, 11) is 0. The fraction of sp³-hybridized carbons (Fsp3) is 0.292. The topological polar surface area (TPSA) is 78.9 Å². The van der Waals surface area contributed by atoms with E-state index in [4.69, 9.17) is 0 Å². The number of aryl methyl sites for hydroxylation is 1. The number of anilines is 4. The zero-order valence-electron chi connectivity index (χ0n) is 18.2. The lowest BCUT2D eigenvalue weighted by molar-refractivity contribution is 0.102. The van der Waals surface area contributed by atoms with Crippen LogP contribution in [0, 0.1) is 6.92 Å². The number of carbonyl (C=O) groups is 1. The molecule has 0 saturated carbocycles. The maximum absolute atomic E-state index is 12.5. The van der Waals surface area contributed by atoms with Gasteiger partial charge in [-0.05, 0) is 61.2 Å². The Bertz CT molecular complexity index is 1010. The minimum Gasteiger partial charge on any atom is -0.370 e. The number of rotatable bonds is 6. The summed E-state index contributed by atoms with van der Waals surface area (Å²) in [6.45, 7) is 11.2. The first-order valence-electron chi connectivity index (χ1n) is 10.1. The van der Waals surface area contributed by atoms with E-state index in [9.17, 15) is 4.79 Å². The molecule has 0 atom stereocenters. The summed E-state index contributed by atoms with van der Waals surface area (Å²) < 4.78 is 0. The highest BCUT2D eigenvalue weighted by Crippen LogP contribution is 2.23.